The zero-order valence-corrected chi connectivity index (χ0v) is 13.7. The van der Waals surface area contributed by atoms with Crippen molar-refractivity contribution in [2.75, 3.05) is 20.3 Å². The highest BCUT2D eigenvalue weighted by molar-refractivity contribution is 5.83. The Morgan fingerprint density at radius 1 is 1.32 bits per heavy atom. The van der Waals surface area contributed by atoms with E-state index >= 15 is 0 Å². The van der Waals surface area contributed by atoms with Gasteiger partial charge < -0.3 is 14.2 Å². The van der Waals surface area contributed by atoms with E-state index in [0.29, 0.717) is 6.54 Å². The summed E-state index contributed by atoms with van der Waals surface area (Å²) in [6, 6.07) is -0.859. The first kappa shape index (κ1) is 18.2. The van der Waals surface area contributed by atoms with Crippen LogP contribution in [0.4, 0.5) is 4.79 Å². The molecule has 0 bridgehead atoms. The van der Waals surface area contributed by atoms with Crippen LogP contribution in [0.15, 0.2) is 25.3 Å². The molecule has 1 rings (SSSR count). The van der Waals surface area contributed by atoms with Gasteiger partial charge >= 0.3 is 12.1 Å². The van der Waals surface area contributed by atoms with Gasteiger partial charge in [0.25, 0.3) is 0 Å². The van der Waals surface area contributed by atoms with E-state index in [-0.39, 0.29) is 12.5 Å². The Kier molecular flexibility index (Phi) is 6.17. The number of likely N-dealkylation sites (tertiary alicyclic amines) is 1. The second kappa shape index (κ2) is 7.45. The van der Waals surface area contributed by atoms with Gasteiger partial charge in [0.15, 0.2) is 6.04 Å². The minimum atomic E-state index is -0.859. The molecule has 1 aliphatic rings. The molecule has 6 heteroatoms. The number of carbonyl (C=O) groups excluding carboxylic acids is 2. The van der Waals surface area contributed by atoms with E-state index in [1.807, 2.05) is 0 Å². The van der Waals surface area contributed by atoms with E-state index in [1.165, 1.54) is 12.0 Å². The fraction of sp³-hybridized carbons (Fsp3) is 0.625. The van der Waals surface area contributed by atoms with Crippen molar-refractivity contribution in [3.05, 3.63) is 25.3 Å². The van der Waals surface area contributed by atoms with E-state index in [0.717, 1.165) is 0 Å². The Morgan fingerprint density at radius 2 is 1.95 bits per heavy atom. The molecular formula is C16H25NO5. The van der Waals surface area contributed by atoms with Crippen LogP contribution in [0.25, 0.3) is 0 Å². The van der Waals surface area contributed by atoms with Crippen LogP contribution >= 0.6 is 0 Å². The van der Waals surface area contributed by atoms with Crippen molar-refractivity contribution >= 4 is 12.1 Å². The van der Waals surface area contributed by atoms with Crippen molar-refractivity contribution < 1.29 is 23.8 Å². The van der Waals surface area contributed by atoms with Crippen LogP contribution in [0, 0.1) is 5.92 Å². The second-order valence-corrected chi connectivity index (χ2v) is 6.09. The van der Waals surface area contributed by atoms with Gasteiger partial charge in [-0.15, -0.1) is 13.2 Å². The van der Waals surface area contributed by atoms with Crippen molar-refractivity contribution in [2.45, 2.75) is 38.5 Å². The summed E-state index contributed by atoms with van der Waals surface area (Å²) in [5.41, 5.74) is -0.651. The summed E-state index contributed by atoms with van der Waals surface area (Å²) < 4.78 is 15.8. The Morgan fingerprint density at radius 3 is 2.41 bits per heavy atom. The lowest BCUT2D eigenvalue weighted by Gasteiger charge is -2.28. The Bertz CT molecular complexity index is 440. The summed E-state index contributed by atoms with van der Waals surface area (Å²) in [6.07, 6.45) is 2.16. The van der Waals surface area contributed by atoms with Crippen molar-refractivity contribution in [1.82, 2.24) is 4.90 Å². The summed E-state index contributed by atoms with van der Waals surface area (Å²) in [5, 5.41) is 0. The summed E-state index contributed by atoms with van der Waals surface area (Å²) in [6.45, 7) is 13.2. The Balaban J connectivity index is 3.03. The van der Waals surface area contributed by atoms with E-state index in [4.69, 9.17) is 14.2 Å². The lowest BCUT2D eigenvalue weighted by Crippen LogP contribution is -2.48. The minimum Gasteiger partial charge on any atom is -0.467 e. The molecule has 1 aliphatic heterocycles. The third-order valence-corrected chi connectivity index (χ3v) is 3.26. The van der Waals surface area contributed by atoms with Gasteiger partial charge in [-0.2, -0.15) is 0 Å². The molecule has 1 saturated heterocycles. The normalized spacial score (nSPS) is 24.7. The summed E-state index contributed by atoms with van der Waals surface area (Å²) >= 11 is 0. The number of amides is 1. The molecule has 3 unspecified atom stereocenters. The highest BCUT2D eigenvalue weighted by atomic mass is 16.6. The van der Waals surface area contributed by atoms with Gasteiger partial charge in [0.05, 0.1) is 19.8 Å². The topological polar surface area (TPSA) is 65.1 Å². The number of carbonyl (C=O) groups is 2. The summed E-state index contributed by atoms with van der Waals surface area (Å²) in [4.78, 5) is 25.8. The fourth-order valence-electron chi connectivity index (χ4n) is 2.35. The molecule has 1 fully saturated rings. The van der Waals surface area contributed by atoms with Crippen LogP contribution in [0.1, 0.15) is 20.8 Å². The standard InChI is InChI=1S/C16H25NO5/c1-7-9-21-13-11(8-2)10-17(12(13)14(18)20-6)15(19)22-16(3,4)5/h7-8,11-13H,1-2,9-10H2,3-6H3. The third-order valence-electron chi connectivity index (χ3n) is 3.26. The summed E-state index contributed by atoms with van der Waals surface area (Å²) in [7, 11) is 1.28. The van der Waals surface area contributed by atoms with E-state index < -0.39 is 29.8 Å². The molecule has 0 aliphatic carbocycles. The predicted octanol–water partition coefficient (Wildman–Crippen LogP) is 2.15. The number of hydrogen-bond donors (Lipinski definition) is 0. The number of methoxy groups -OCH3 is 1. The highest BCUT2D eigenvalue weighted by Gasteiger charge is 2.49. The molecule has 0 N–H and O–H groups in total. The quantitative estimate of drug-likeness (QED) is 0.575. The third kappa shape index (κ3) is 4.34. The Labute approximate surface area is 131 Å². The fourth-order valence-corrected chi connectivity index (χ4v) is 2.35. The van der Waals surface area contributed by atoms with Gasteiger partial charge in [0.1, 0.15) is 5.60 Å². The first-order valence-corrected chi connectivity index (χ1v) is 7.17. The molecule has 3 atom stereocenters. The van der Waals surface area contributed by atoms with Crippen molar-refractivity contribution in [3.63, 3.8) is 0 Å². The van der Waals surface area contributed by atoms with Crippen LogP contribution in [-0.2, 0) is 19.0 Å². The van der Waals surface area contributed by atoms with Gasteiger partial charge in [0, 0.05) is 12.5 Å². The van der Waals surface area contributed by atoms with Gasteiger partial charge in [0.2, 0.25) is 0 Å². The molecule has 1 amide bonds. The van der Waals surface area contributed by atoms with Crippen molar-refractivity contribution in [3.8, 4) is 0 Å². The average molecular weight is 311 g/mol. The molecule has 22 heavy (non-hydrogen) atoms. The molecule has 0 saturated carbocycles. The number of esters is 1. The molecule has 0 radical (unpaired) electrons. The van der Waals surface area contributed by atoms with E-state index in [1.54, 1.807) is 32.9 Å². The molecule has 6 nitrogen and oxygen atoms in total. The molecule has 0 aromatic carbocycles. The molecule has 0 aromatic rings. The van der Waals surface area contributed by atoms with Crippen molar-refractivity contribution in [1.29, 1.82) is 0 Å². The molecule has 0 spiro atoms. The second-order valence-electron chi connectivity index (χ2n) is 6.09. The number of nitrogens with zero attached hydrogens (tertiary/aromatic N) is 1. The maximum atomic E-state index is 12.4. The first-order chi connectivity index (χ1) is 10.2. The highest BCUT2D eigenvalue weighted by Crippen LogP contribution is 2.30. The van der Waals surface area contributed by atoms with Gasteiger partial charge in [-0.3, -0.25) is 4.90 Å². The molecular weight excluding hydrogens is 286 g/mol. The number of ether oxygens (including phenoxy) is 3. The van der Waals surface area contributed by atoms with E-state index in [2.05, 4.69) is 13.2 Å². The lowest BCUT2D eigenvalue weighted by atomic mass is 10.0. The average Bonchev–Trinajstić information content (AvgIpc) is 2.81. The van der Waals surface area contributed by atoms with Gasteiger partial charge in [-0.1, -0.05) is 12.2 Å². The zero-order chi connectivity index (χ0) is 16.9. The van der Waals surface area contributed by atoms with Crippen LogP contribution < -0.4 is 0 Å². The minimum absolute atomic E-state index is 0.184. The maximum absolute atomic E-state index is 12.4. The van der Waals surface area contributed by atoms with Crippen LogP contribution in [0.2, 0.25) is 0 Å². The maximum Gasteiger partial charge on any atom is 0.411 e. The lowest BCUT2D eigenvalue weighted by molar-refractivity contribution is -0.149. The molecule has 124 valence electrons. The Hall–Kier alpha value is -1.82. The summed E-state index contributed by atoms with van der Waals surface area (Å²) in [5.74, 6) is -0.721. The van der Waals surface area contributed by atoms with Crippen LogP contribution in [-0.4, -0.2) is 55.0 Å². The van der Waals surface area contributed by atoms with Crippen LogP contribution in [0.3, 0.4) is 0 Å². The molecule has 0 aromatic heterocycles. The monoisotopic (exact) mass is 311 g/mol. The molecule has 1 heterocycles. The smallest absolute Gasteiger partial charge is 0.411 e. The zero-order valence-electron chi connectivity index (χ0n) is 13.7. The van der Waals surface area contributed by atoms with Crippen molar-refractivity contribution in [2.24, 2.45) is 5.92 Å². The largest absolute Gasteiger partial charge is 0.467 e. The van der Waals surface area contributed by atoms with E-state index in [9.17, 15) is 9.59 Å². The predicted molar refractivity (Wildman–Crippen MR) is 82.4 cm³/mol. The SMILES string of the molecule is C=CCOC1C(C=C)CN(C(=O)OC(C)(C)C)C1C(=O)OC. The first-order valence-electron chi connectivity index (χ1n) is 7.17. The van der Waals surface area contributed by atoms with Gasteiger partial charge in [-0.25, -0.2) is 9.59 Å². The number of hydrogen-bond acceptors (Lipinski definition) is 5. The number of rotatable bonds is 5. The van der Waals surface area contributed by atoms with Crippen LogP contribution in [0.5, 0.6) is 0 Å². The van der Waals surface area contributed by atoms with Gasteiger partial charge in [-0.05, 0) is 20.8 Å².